The monoisotopic (exact) mass is 510 g/mol. The fourth-order valence-corrected chi connectivity index (χ4v) is 4.76. The van der Waals surface area contributed by atoms with Gasteiger partial charge in [-0.2, -0.15) is 0 Å². The Hall–Kier alpha value is -3.69. The quantitative estimate of drug-likeness (QED) is 0.363. The molecule has 180 valence electrons. The predicted octanol–water partition coefficient (Wildman–Crippen LogP) is 5.02. The van der Waals surface area contributed by atoms with Gasteiger partial charge in [-0.05, 0) is 56.2 Å². The van der Waals surface area contributed by atoms with Crippen molar-refractivity contribution in [3.63, 3.8) is 0 Å². The smallest absolute Gasteiger partial charge is 0.266 e. The Morgan fingerprint density at radius 2 is 1.91 bits per heavy atom. The van der Waals surface area contributed by atoms with Crippen LogP contribution in [0.25, 0.3) is 10.2 Å². The normalized spacial score (nSPS) is 10.9. The summed E-state index contributed by atoms with van der Waals surface area (Å²) in [7, 11) is 0. The van der Waals surface area contributed by atoms with Crippen LogP contribution < -0.4 is 20.9 Å². The highest BCUT2D eigenvalue weighted by molar-refractivity contribution is 7.20. The first kappa shape index (κ1) is 24.4. The number of nitrogens with zero attached hydrogens (tertiary/aromatic N) is 2. The molecule has 0 spiro atoms. The molecule has 35 heavy (non-hydrogen) atoms. The molecule has 0 aliphatic heterocycles. The van der Waals surface area contributed by atoms with Crippen LogP contribution in [-0.4, -0.2) is 28.0 Å². The largest absolute Gasteiger partial charge is 0.492 e. The van der Waals surface area contributed by atoms with Gasteiger partial charge in [0.1, 0.15) is 17.1 Å². The van der Waals surface area contributed by atoms with E-state index in [1.54, 1.807) is 43.3 Å². The lowest BCUT2D eigenvalue weighted by Crippen LogP contribution is -2.28. The summed E-state index contributed by atoms with van der Waals surface area (Å²) in [5.74, 6) is -0.201. The topological polar surface area (TPSA) is 102 Å². The molecule has 0 atom stereocenters. The van der Waals surface area contributed by atoms with Crippen molar-refractivity contribution in [2.24, 2.45) is 0 Å². The van der Waals surface area contributed by atoms with Gasteiger partial charge >= 0.3 is 0 Å². The van der Waals surface area contributed by atoms with Gasteiger partial charge in [-0.3, -0.25) is 19.0 Å². The second-order valence-corrected chi connectivity index (χ2v) is 9.22. The fourth-order valence-electron chi connectivity index (χ4n) is 3.54. The number of anilines is 2. The Morgan fingerprint density at radius 3 is 2.66 bits per heavy atom. The average molecular weight is 511 g/mol. The van der Waals surface area contributed by atoms with Crippen LogP contribution in [0, 0.1) is 13.8 Å². The number of carbonyl (C=O) groups is 2. The maximum Gasteiger partial charge on any atom is 0.266 e. The third kappa shape index (κ3) is 5.21. The molecule has 0 aliphatic carbocycles. The van der Waals surface area contributed by atoms with E-state index in [2.05, 4.69) is 15.6 Å². The van der Waals surface area contributed by atoms with E-state index in [4.69, 9.17) is 16.3 Å². The van der Waals surface area contributed by atoms with Crippen LogP contribution in [-0.2, 0) is 11.3 Å². The number of halogens is 1. The van der Waals surface area contributed by atoms with Crippen molar-refractivity contribution in [3.05, 3.63) is 80.2 Å². The highest BCUT2D eigenvalue weighted by Crippen LogP contribution is 2.30. The minimum absolute atomic E-state index is 0.230. The molecule has 0 unspecified atom stereocenters. The molecule has 0 radical (unpaired) electrons. The van der Waals surface area contributed by atoms with E-state index in [1.165, 1.54) is 10.9 Å². The summed E-state index contributed by atoms with van der Waals surface area (Å²) >= 11 is 7.24. The number of hydrogen-bond acceptors (Lipinski definition) is 6. The molecular weight excluding hydrogens is 488 g/mol. The number of thiophene rings is 1. The zero-order valence-corrected chi connectivity index (χ0v) is 20.9. The van der Waals surface area contributed by atoms with Gasteiger partial charge < -0.3 is 15.4 Å². The van der Waals surface area contributed by atoms with Crippen molar-refractivity contribution in [3.8, 4) is 5.75 Å². The molecule has 0 fully saturated rings. The summed E-state index contributed by atoms with van der Waals surface area (Å²) in [4.78, 5) is 43.8. The van der Waals surface area contributed by atoms with Gasteiger partial charge in [0.2, 0.25) is 5.91 Å². The van der Waals surface area contributed by atoms with Gasteiger partial charge in [0, 0.05) is 10.7 Å². The van der Waals surface area contributed by atoms with Gasteiger partial charge in [-0.1, -0.05) is 29.8 Å². The molecule has 0 saturated carbocycles. The maximum atomic E-state index is 13.1. The minimum atomic E-state index is -0.397. The summed E-state index contributed by atoms with van der Waals surface area (Å²) in [5.41, 5.74) is 2.08. The molecule has 2 aromatic carbocycles. The van der Waals surface area contributed by atoms with Gasteiger partial charge in [0.15, 0.2) is 0 Å². The number of rotatable bonds is 7. The van der Waals surface area contributed by atoms with Gasteiger partial charge in [-0.25, -0.2) is 4.98 Å². The van der Waals surface area contributed by atoms with Crippen molar-refractivity contribution in [2.75, 3.05) is 17.2 Å². The van der Waals surface area contributed by atoms with Gasteiger partial charge in [-0.15, -0.1) is 11.3 Å². The Morgan fingerprint density at radius 1 is 1.14 bits per heavy atom. The Balaban J connectivity index is 1.57. The molecule has 4 rings (SSSR count). The van der Waals surface area contributed by atoms with Crippen LogP contribution >= 0.6 is 22.9 Å². The molecule has 2 N–H and O–H groups in total. The van der Waals surface area contributed by atoms with E-state index in [-0.39, 0.29) is 12.5 Å². The van der Waals surface area contributed by atoms with Crippen molar-refractivity contribution in [1.29, 1.82) is 0 Å². The van der Waals surface area contributed by atoms with E-state index in [9.17, 15) is 14.4 Å². The molecule has 0 saturated heterocycles. The maximum absolute atomic E-state index is 13.1. The molecule has 10 heteroatoms. The SMILES string of the molecule is CCOc1ccccc1NC(=O)c1sc2ncn(CC(=O)Nc3ccc(C)c(Cl)c3)c(=O)c2c1C. The third-order valence-corrected chi connectivity index (χ3v) is 6.93. The highest BCUT2D eigenvalue weighted by atomic mass is 35.5. The predicted molar refractivity (Wildman–Crippen MR) is 139 cm³/mol. The highest BCUT2D eigenvalue weighted by Gasteiger charge is 2.21. The van der Waals surface area contributed by atoms with E-state index in [0.29, 0.717) is 49.4 Å². The van der Waals surface area contributed by atoms with Crippen LogP contribution in [0.15, 0.2) is 53.6 Å². The Bertz CT molecular complexity index is 1490. The summed E-state index contributed by atoms with van der Waals surface area (Å²) in [5, 5.41) is 6.43. The van der Waals surface area contributed by atoms with Crippen LogP contribution in [0.2, 0.25) is 5.02 Å². The van der Waals surface area contributed by atoms with E-state index >= 15 is 0 Å². The van der Waals surface area contributed by atoms with E-state index < -0.39 is 11.5 Å². The van der Waals surface area contributed by atoms with Crippen molar-refractivity contribution >= 4 is 56.3 Å². The Labute approximate surface area is 210 Å². The molecule has 0 aliphatic rings. The number of carbonyl (C=O) groups excluding carboxylic acids is 2. The second kappa shape index (κ2) is 10.3. The zero-order chi connectivity index (χ0) is 25.1. The minimum Gasteiger partial charge on any atom is -0.492 e. The first-order valence-electron chi connectivity index (χ1n) is 10.9. The summed E-state index contributed by atoms with van der Waals surface area (Å²) < 4.78 is 6.79. The molecule has 0 bridgehead atoms. The lowest BCUT2D eigenvalue weighted by Gasteiger charge is -2.10. The van der Waals surface area contributed by atoms with Crippen LogP contribution in [0.4, 0.5) is 11.4 Å². The number of aryl methyl sites for hydroxylation is 2. The number of hydrogen-bond donors (Lipinski definition) is 2. The second-order valence-electron chi connectivity index (χ2n) is 7.81. The molecular formula is C25H23ClN4O4S. The van der Waals surface area contributed by atoms with Crippen LogP contribution in [0.1, 0.15) is 27.7 Å². The number of nitrogens with one attached hydrogen (secondary N) is 2. The first-order valence-corrected chi connectivity index (χ1v) is 12.1. The van der Waals surface area contributed by atoms with Crippen molar-refractivity contribution in [1.82, 2.24) is 9.55 Å². The average Bonchev–Trinajstić information content (AvgIpc) is 3.17. The molecule has 2 heterocycles. The van der Waals surface area contributed by atoms with E-state index in [0.717, 1.165) is 16.9 Å². The number of benzene rings is 2. The standard InChI is InChI=1S/C25H23ClN4O4S/c1-4-34-19-8-6-5-7-18(19)29-23(32)22-15(3)21-24(35-22)27-13-30(25(21)33)12-20(31)28-16-10-9-14(2)17(26)11-16/h5-11,13H,4,12H2,1-3H3,(H,28,31)(H,29,32). The van der Waals surface area contributed by atoms with Crippen molar-refractivity contribution < 1.29 is 14.3 Å². The zero-order valence-electron chi connectivity index (χ0n) is 19.3. The van der Waals surface area contributed by atoms with Crippen LogP contribution in [0.3, 0.4) is 0 Å². The summed E-state index contributed by atoms with van der Waals surface area (Å²) in [6.45, 7) is 5.66. The third-order valence-electron chi connectivity index (χ3n) is 5.33. The molecule has 2 amide bonds. The Kier molecular flexibility index (Phi) is 7.18. The molecule has 2 aromatic heterocycles. The first-order chi connectivity index (χ1) is 16.8. The number of aromatic nitrogens is 2. The fraction of sp³-hybridized carbons (Fsp3) is 0.200. The molecule has 8 nitrogen and oxygen atoms in total. The number of ether oxygens (including phenoxy) is 1. The number of fused-ring (bicyclic) bond motifs is 1. The van der Waals surface area contributed by atoms with Gasteiger partial charge in [0.05, 0.1) is 28.9 Å². The van der Waals surface area contributed by atoms with E-state index in [1.807, 2.05) is 19.9 Å². The lowest BCUT2D eigenvalue weighted by molar-refractivity contribution is -0.116. The van der Waals surface area contributed by atoms with Gasteiger partial charge in [0.25, 0.3) is 11.5 Å². The number of para-hydroxylation sites is 2. The number of amides is 2. The molecule has 4 aromatic rings. The van der Waals surface area contributed by atoms with Crippen molar-refractivity contribution in [2.45, 2.75) is 27.3 Å². The summed E-state index contributed by atoms with van der Waals surface area (Å²) in [6, 6.07) is 12.3. The van der Waals surface area contributed by atoms with Crippen LogP contribution in [0.5, 0.6) is 5.75 Å². The summed E-state index contributed by atoms with van der Waals surface area (Å²) in [6.07, 6.45) is 1.31. The lowest BCUT2D eigenvalue weighted by atomic mass is 10.2.